The molecular weight excluding hydrogens is 372 g/mol. The average molecular weight is 399 g/mol. The molecule has 0 aromatic heterocycles. The summed E-state index contributed by atoms with van der Waals surface area (Å²) in [7, 11) is 5.73. The van der Waals surface area contributed by atoms with E-state index >= 15 is 0 Å². The topological polar surface area (TPSA) is 49.2 Å². The number of methoxy groups -OCH3 is 1. The number of benzene rings is 3. The molecule has 3 aromatic carbocycles. The largest absolute Gasteiger partial charge is 0.497 e. The first-order valence-electron chi connectivity index (χ1n) is 10.1. The van der Waals surface area contributed by atoms with Gasteiger partial charge in [0, 0.05) is 30.9 Å². The third-order valence-corrected chi connectivity index (χ3v) is 5.17. The second-order valence-electron chi connectivity index (χ2n) is 7.40. The van der Waals surface area contributed by atoms with E-state index in [4.69, 9.17) is 14.7 Å². The molecule has 0 fully saturated rings. The zero-order valence-corrected chi connectivity index (χ0v) is 17.8. The molecule has 3 aromatic rings. The maximum Gasteiger partial charge on any atom is 0.162 e. The van der Waals surface area contributed by atoms with Crippen LogP contribution < -0.4 is 15.0 Å². The number of fused-ring (bicyclic) bond motifs is 1. The van der Waals surface area contributed by atoms with Gasteiger partial charge in [0.1, 0.15) is 11.6 Å². The molecule has 5 nitrogen and oxygen atoms in total. The minimum Gasteiger partial charge on any atom is -0.497 e. The van der Waals surface area contributed by atoms with Gasteiger partial charge in [0.05, 0.1) is 18.5 Å². The van der Waals surface area contributed by atoms with Crippen molar-refractivity contribution in [3.63, 3.8) is 0 Å². The zero-order chi connectivity index (χ0) is 21.1. The summed E-state index contributed by atoms with van der Waals surface area (Å²) in [5, 5.41) is 3.52. The van der Waals surface area contributed by atoms with Gasteiger partial charge in [0.2, 0.25) is 0 Å². The van der Waals surface area contributed by atoms with E-state index in [0.717, 1.165) is 46.2 Å². The molecule has 30 heavy (non-hydrogen) atoms. The zero-order valence-electron chi connectivity index (χ0n) is 17.8. The predicted octanol–water partition coefficient (Wildman–Crippen LogP) is 5.27. The summed E-state index contributed by atoms with van der Waals surface area (Å²) < 4.78 is 5.29. The van der Waals surface area contributed by atoms with Crippen LogP contribution in [0.4, 0.5) is 17.1 Å². The summed E-state index contributed by atoms with van der Waals surface area (Å²) in [6.07, 6.45) is 0.966. The number of hydrogen-bond donors (Lipinski definition) is 1. The van der Waals surface area contributed by atoms with Crippen LogP contribution in [0.1, 0.15) is 23.6 Å². The van der Waals surface area contributed by atoms with Gasteiger partial charge < -0.3 is 15.0 Å². The van der Waals surface area contributed by atoms with Crippen molar-refractivity contribution in [2.24, 2.45) is 9.98 Å². The Labute approximate surface area is 177 Å². The van der Waals surface area contributed by atoms with Gasteiger partial charge in [-0.15, -0.1) is 0 Å². The number of anilines is 2. The van der Waals surface area contributed by atoms with Crippen molar-refractivity contribution in [3.8, 4) is 5.75 Å². The molecule has 0 aliphatic carbocycles. The molecule has 1 heterocycles. The van der Waals surface area contributed by atoms with Crippen molar-refractivity contribution in [2.45, 2.75) is 13.3 Å². The third-order valence-electron chi connectivity index (χ3n) is 5.17. The number of rotatable bonds is 5. The van der Waals surface area contributed by atoms with Gasteiger partial charge in [-0.25, -0.2) is 9.98 Å². The van der Waals surface area contributed by atoms with Crippen molar-refractivity contribution < 1.29 is 4.74 Å². The quantitative estimate of drug-likeness (QED) is 0.637. The molecule has 0 saturated carbocycles. The van der Waals surface area contributed by atoms with Crippen molar-refractivity contribution in [1.29, 1.82) is 0 Å². The van der Waals surface area contributed by atoms with Gasteiger partial charge in [0.25, 0.3) is 0 Å². The standard InChI is InChI=1S/C25H26N4O/c1-5-17-6-15-22-23(16-17)27-25(18-7-11-20(12-8-18)29(2)3)28-24(26-22)19-9-13-21(30-4)14-10-19/h6-16H,5H2,1-4H3,(H,26,27,28). The first-order valence-corrected chi connectivity index (χ1v) is 10.1. The van der Waals surface area contributed by atoms with E-state index in [-0.39, 0.29) is 0 Å². The second-order valence-corrected chi connectivity index (χ2v) is 7.40. The smallest absolute Gasteiger partial charge is 0.162 e. The Morgan fingerprint density at radius 3 is 2.20 bits per heavy atom. The summed E-state index contributed by atoms with van der Waals surface area (Å²) in [4.78, 5) is 11.9. The van der Waals surface area contributed by atoms with E-state index in [0.29, 0.717) is 5.84 Å². The van der Waals surface area contributed by atoms with Gasteiger partial charge in [-0.3, -0.25) is 0 Å². The third kappa shape index (κ3) is 4.06. The van der Waals surface area contributed by atoms with Gasteiger partial charge in [-0.05, 0) is 72.6 Å². The maximum atomic E-state index is 5.29. The van der Waals surface area contributed by atoms with Crippen LogP contribution in [0.15, 0.2) is 76.7 Å². The summed E-state index contributed by atoms with van der Waals surface area (Å²) in [6.45, 7) is 2.15. The lowest BCUT2D eigenvalue weighted by Crippen LogP contribution is -2.16. The highest BCUT2D eigenvalue weighted by Gasteiger charge is 2.16. The second kappa shape index (κ2) is 8.41. The number of hydrogen-bond acceptors (Lipinski definition) is 5. The van der Waals surface area contributed by atoms with Gasteiger partial charge in [-0.2, -0.15) is 0 Å². The number of nitrogens with zero attached hydrogens (tertiary/aromatic N) is 3. The van der Waals surface area contributed by atoms with Crippen molar-refractivity contribution in [2.75, 3.05) is 31.4 Å². The van der Waals surface area contributed by atoms with Crippen LogP contribution in [-0.4, -0.2) is 32.9 Å². The Balaban J connectivity index is 1.81. The highest BCUT2D eigenvalue weighted by Crippen LogP contribution is 2.31. The lowest BCUT2D eigenvalue weighted by atomic mass is 10.1. The Bertz CT molecular complexity index is 1100. The minimum atomic E-state index is 0.667. The van der Waals surface area contributed by atoms with Crippen LogP contribution in [0.3, 0.4) is 0 Å². The molecule has 0 saturated heterocycles. The van der Waals surface area contributed by atoms with Crippen molar-refractivity contribution in [3.05, 3.63) is 83.4 Å². The van der Waals surface area contributed by atoms with Gasteiger partial charge in [-0.1, -0.05) is 13.0 Å². The van der Waals surface area contributed by atoms with Crippen LogP contribution >= 0.6 is 0 Å². The van der Waals surface area contributed by atoms with E-state index in [1.54, 1.807) is 7.11 Å². The van der Waals surface area contributed by atoms with E-state index in [1.807, 2.05) is 38.4 Å². The predicted molar refractivity (Wildman–Crippen MR) is 126 cm³/mol. The van der Waals surface area contributed by atoms with Gasteiger partial charge >= 0.3 is 0 Å². The number of amidine groups is 2. The molecule has 0 amide bonds. The summed E-state index contributed by atoms with van der Waals surface area (Å²) in [5.74, 6) is 2.25. The number of aliphatic imine (C=N–C) groups is 2. The molecular formula is C25H26N4O. The molecule has 1 aliphatic rings. The van der Waals surface area contributed by atoms with E-state index < -0.39 is 0 Å². The molecule has 0 radical (unpaired) electrons. The Morgan fingerprint density at radius 1 is 0.867 bits per heavy atom. The molecule has 0 bridgehead atoms. The normalized spacial score (nSPS) is 12.8. The van der Waals surface area contributed by atoms with Crippen LogP contribution in [0.25, 0.3) is 0 Å². The Kier molecular flexibility index (Phi) is 5.53. The van der Waals surface area contributed by atoms with E-state index in [9.17, 15) is 0 Å². The van der Waals surface area contributed by atoms with E-state index in [1.165, 1.54) is 5.56 Å². The molecule has 0 atom stereocenters. The molecule has 1 aliphatic heterocycles. The lowest BCUT2D eigenvalue weighted by molar-refractivity contribution is 0.415. The molecule has 5 heteroatoms. The van der Waals surface area contributed by atoms with Gasteiger partial charge in [0.15, 0.2) is 5.84 Å². The fourth-order valence-corrected chi connectivity index (χ4v) is 3.32. The summed E-state index contributed by atoms with van der Waals surface area (Å²) in [5.41, 5.74) is 6.19. The van der Waals surface area contributed by atoms with Crippen LogP contribution in [-0.2, 0) is 6.42 Å². The highest BCUT2D eigenvalue weighted by atomic mass is 16.5. The summed E-state index contributed by atoms with van der Waals surface area (Å²) in [6, 6.07) is 22.5. The summed E-state index contributed by atoms with van der Waals surface area (Å²) >= 11 is 0. The molecule has 4 rings (SSSR count). The Morgan fingerprint density at radius 2 is 1.57 bits per heavy atom. The maximum absolute atomic E-state index is 5.29. The fraction of sp³-hybridized carbons (Fsp3) is 0.200. The lowest BCUT2D eigenvalue weighted by Gasteiger charge is -2.14. The Hall–Kier alpha value is -3.60. The fourth-order valence-electron chi connectivity index (χ4n) is 3.32. The molecule has 0 unspecified atom stereocenters. The van der Waals surface area contributed by atoms with Crippen LogP contribution in [0.5, 0.6) is 5.75 Å². The van der Waals surface area contributed by atoms with Crippen molar-refractivity contribution in [1.82, 2.24) is 0 Å². The van der Waals surface area contributed by atoms with Crippen molar-refractivity contribution >= 4 is 28.7 Å². The first-order chi connectivity index (χ1) is 14.6. The van der Waals surface area contributed by atoms with E-state index in [2.05, 4.69) is 59.6 Å². The number of aryl methyl sites for hydroxylation is 1. The minimum absolute atomic E-state index is 0.667. The molecule has 0 spiro atoms. The number of ether oxygens (including phenoxy) is 1. The van der Waals surface area contributed by atoms with Crippen LogP contribution in [0, 0.1) is 0 Å². The monoisotopic (exact) mass is 398 g/mol. The average Bonchev–Trinajstić information content (AvgIpc) is 2.98. The highest BCUT2D eigenvalue weighted by molar-refractivity contribution is 6.19. The number of nitrogens with one attached hydrogen (secondary N) is 1. The SMILES string of the molecule is CCc1ccc2c(c1)NC(c1ccc(N(C)C)cc1)=NC(c1ccc(OC)cc1)=N2. The molecule has 1 N–H and O–H groups in total. The molecule has 152 valence electrons. The van der Waals surface area contributed by atoms with Crippen LogP contribution in [0.2, 0.25) is 0 Å². The first kappa shape index (κ1) is 19.7.